The number of nitrogens with one attached hydrogen (secondary N) is 1. The lowest BCUT2D eigenvalue weighted by molar-refractivity contribution is -0.387. The smallest absolute Gasteiger partial charge is 0.293 e. The largest absolute Gasteiger partial charge is 0.350 e. The molecule has 3 amide bonds. The number of thioether (sulfide) groups is 1. The molecule has 1 N–H and O–H groups in total. The normalized spacial score (nSPS) is 15.3. The second-order valence-electron chi connectivity index (χ2n) is 6.59. The van der Waals surface area contributed by atoms with Gasteiger partial charge in [0, 0.05) is 43.4 Å². The summed E-state index contributed by atoms with van der Waals surface area (Å²) >= 11 is 0.767. The fourth-order valence-electron chi connectivity index (χ4n) is 2.80. The van der Waals surface area contributed by atoms with E-state index in [1.54, 1.807) is 30.6 Å². The number of carbonyl (C=O) groups excluding carboxylic acids is 3. The van der Waals surface area contributed by atoms with E-state index in [0.29, 0.717) is 5.56 Å². The number of rotatable bonds is 7. The first kappa shape index (κ1) is 23.1. The van der Waals surface area contributed by atoms with Crippen LogP contribution in [0.4, 0.5) is 10.5 Å². The van der Waals surface area contributed by atoms with Crippen LogP contribution in [0, 0.1) is 10.1 Å². The van der Waals surface area contributed by atoms with Gasteiger partial charge >= 0.3 is 0 Å². The zero-order valence-electron chi connectivity index (χ0n) is 16.5. The maximum atomic E-state index is 12.5. The van der Waals surface area contributed by atoms with Crippen LogP contribution < -0.4 is 5.32 Å². The molecule has 13 heteroatoms. The number of nitro groups is 1. The molecular formula is C19H16N4O7S2. The number of amides is 3. The van der Waals surface area contributed by atoms with Crippen molar-refractivity contribution in [2.75, 3.05) is 19.3 Å². The maximum absolute atomic E-state index is 12.5. The van der Waals surface area contributed by atoms with Crippen molar-refractivity contribution in [3.8, 4) is 0 Å². The van der Waals surface area contributed by atoms with Gasteiger partial charge in [0.2, 0.25) is 0 Å². The Hall–Kier alpha value is -3.58. The highest BCUT2D eigenvalue weighted by Gasteiger charge is 2.34. The Morgan fingerprint density at radius 2 is 2.06 bits per heavy atom. The van der Waals surface area contributed by atoms with Crippen molar-refractivity contribution in [2.45, 2.75) is 4.90 Å². The molecule has 0 radical (unpaired) electrons. The summed E-state index contributed by atoms with van der Waals surface area (Å²) in [4.78, 5) is 51.9. The van der Waals surface area contributed by atoms with Gasteiger partial charge in [-0.05, 0) is 41.6 Å². The van der Waals surface area contributed by atoms with Crippen LogP contribution in [-0.4, -0.2) is 59.6 Å². The van der Waals surface area contributed by atoms with Crippen LogP contribution in [0.1, 0.15) is 15.9 Å². The number of hydrogen-bond acceptors (Lipinski definition) is 9. The van der Waals surface area contributed by atoms with Crippen LogP contribution in [0.15, 0.2) is 52.5 Å². The minimum atomic E-state index is -3.86. The second-order valence-corrected chi connectivity index (χ2v) is 9.56. The molecule has 11 nitrogen and oxygen atoms in total. The van der Waals surface area contributed by atoms with E-state index in [4.69, 9.17) is 0 Å². The fraction of sp³-hybridized carbons (Fsp3) is 0.158. The molecule has 2 heterocycles. The van der Waals surface area contributed by atoms with Crippen LogP contribution in [0.5, 0.6) is 0 Å². The Morgan fingerprint density at radius 1 is 1.31 bits per heavy atom. The van der Waals surface area contributed by atoms with E-state index in [2.05, 4.69) is 10.3 Å². The number of imide groups is 1. The lowest BCUT2D eigenvalue weighted by Crippen LogP contribution is -2.37. The summed E-state index contributed by atoms with van der Waals surface area (Å²) < 4.78 is 23.4. The number of benzene rings is 1. The average Bonchev–Trinajstić information content (AvgIpc) is 3.00. The van der Waals surface area contributed by atoms with Gasteiger partial charge in [-0.3, -0.25) is 34.4 Å². The minimum Gasteiger partial charge on any atom is -0.350 e. The van der Waals surface area contributed by atoms with Gasteiger partial charge in [0.1, 0.15) is 4.90 Å². The highest BCUT2D eigenvalue weighted by Crippen LogP contribution is 2.31. The number of hydrogen-bond donors (Lipinski definition) is 1. The van der Waals surface area contributed by atoms with Crippen molar-refractivity contribution in [1.82, 2.24) is 15.2 Å². The minimum absolute atomic E-state index is 0.0985. The van der Waals surface area contributed by atoms with Gasteiger partial charge < -0.3 is 5.32 Å². The lowest BCUT2D eigenvalue weighted by Gasteiger charge is -2.13. The predicted molar refractivity (Wildman–Crippen MR) is 115 cm³/mol. The molecule has 1 aliphatic rings. The number of pyridine rings is 1. The molecule has 0 aliphatic carbocycles. The molecule has 1 saturated heterocycles. The molecule has 1 aromatic carbocycles. The zero-order chi connectivity index (χ0) is 23.5. The van der Waals surface area contributed by atoms with Crippen LogP contribution >= 0.6 is 11.8 Å². The molecule has 0 spiro atoms. The van der Waals surface area contributed by atoms with Crippen molar-refractivity contribution in [3.63, 3.8) is 0 Å². The van der Waals surface area contributed by atoms with Crippen molar-refractivity contribution < 1.29 is 27.7 Å². The number of nitrogens with zero attached hydrogens (tertiary/aromatic N) is 3. The van der Waals surface area contributed by atoms with Crippen molar-refractivity contribution in [1.29, 1.82) is 0 Å². The number of aromatic nitrogens is 1. The molecule has 0 saturated carbocycles. The first-order valence-electron chi connectivity index (χ1n) is 9.00. The maximum Gasteiger partial charge on any atom is 0.293 e. The fourth-order valence-corrected chi connectivity index (χ4v) is 4.50. The molecule has 166 valence electrons. The van der Waals surface area contributed by atoms with Gasteiger partial charge in [-0.1, -0.05) is 6.07 Å². The highest BCUT2D eigenvalue weighted by atomic mass is 32.2. The van der Waals surface area contributed by atoms with Crippen LogP contribution in [0.25, 0.3) is 6.08 Å². The SMILES string of the molecule is CS(=O)(=O)c1ccc(C(=O)NCCN2C(=O)S/C(=C/c3cccnc3)C2=O)cc1[N+](=O)[O-]. The van der Waals surface area contributed by atoms with E-state index >= 15 is 0 Å². The number of nitro benzene ring substituents is 1. The van der Waals surface area contributed by atoms with E-state index in [-0.39, 0.29) is 23.6 Å². The molecule has 0 atom stereocenters. The van der Waals surface area contributed by atoms with E-state index in [0.717, 1.165) is 41.1 Å². The molecule has 0 unspecified atom stereocenters. The summed E-state index contributed by atoms with van der Waals surface area (Å²) in [5.41, 5.74) is -0.188. The molecule has 1 aromatic heterocycles. The summed E-state index contributed by atoms with van der Waals surface area (Å²) in [6.45, 7) is -0.205. The second kappa shape index (κ2) is 9.28. The Labute approximate surface area is 186 Å². The Balaban J connectivity index is 1.65. The summed E-state index contributed by atoms with van der Waals surface area (Å²) in [5.74, 6) is -1.22. The van der Waals surface area contributed by atoms with Crippen molar-refractivity contribution in [2.24, 2.45) is 0 Å². The van der Waals surface area contributed by atoms with Gasteiger partial charge in [0.25, 0.3) is 22.7 Å². The predicted octanol–water partition coefficient (Wildman–Crippen LogP) is 1.86. The Kier molecular flexibility index (Phi) is 6.69. The van der Waals surface area contributed by atoms with Gasteiger partial charge in [-0.2, -0.15) is 0 Å². The highest BCUT2D eigenvalue weighted by molar-refractivity contribution is 8.18. The van der Waals surface area contributed by atoms with Crippen molar-refractivity contribution in [3.05, 3.63) is 68.9 Å². The average molecular weight is 476 g/mol. The molecule has 2 aromatic rings. The van der Waals surface area contributed by atoms with E-state index in [1.807, 2.05) is 0 Å². The topological polar surface area (TPSA) is 157 Å². The van der Waals surface area contributed by atoms with Crippen LogP contribution in [0.2, 0.25) is 0 Å². The molecule has 3 rings (SSSR count). The van der Waals surface area contributed by atoms with Gasteiger partial charge in [0.05, 0.1) is 9.83 Å². The summed E-state index contributed by atoms with van der Waals surface area (Å²) in [6.07, 6.45) is 5.49. The Bertz CT molecular complexity index is 1240. The van der Waals surface area contributed by atoms with Gasteiger partial charge in [-0.15, -0.1) is 0 Å². The molecule has 32 heavy (non-hydrogen) atoms. The summed E-state index contributed by atoms with van der Waals surface area (Å²) in [7, 11) is -3.86. The summed E-state index contributed by atoms with van der Waals surface area (Å²) in [6, 6.07) is 6.42. The molecular weight excluding hydrogens is 460 g/mol. The van der Waals surface area contributed by atoms with Crippen LogP contribution in [-0.2, 0) is 14.6 Å². The molecule has 1 aliphatic heterocycles. The molecule has 0 bridgehead atoms. The third kappa shape index (κ3) is 5.18. The summed E-state index contributed by atoms with van der Waals surface area (Å²) in [5, 5.41) is 13.1. The van der Waals surface area contributed by atoms with Crippen LogP contribution in [0.3, 0.4) is 0 Å². The van der Waals surface area contributed by atoms with Crippen molar-refractivity contribution >= 4 is 50.4 Å². The van der Waals surface area contributed by atoms with Gasteiger partial charge in [-0.25, -0.2) is 8.42 Å². The quantitative estimate of drug-likeness (QED) is 0.358. The third-order valence-corrected chi connectivity index (χ3v) is 6.35. The zero-order valence-corrected chi connectivity index (χ0v) is 18.2. The Morgan fingerprint density at radius 3 is 2.69 bits per heavy atom. The first-order chi connectivity index (χ1) is 15.1. The number of sulfone groups is 1. The monoisotopic (exact) mass is 476 g/mol. The van der Waals surface area contributed by atoms with E-state index in [1.165, 1.54) is 0 Å². The number of carbonyl (C=O) groups is 3. The van der Waals surface area contributed by atoms with E-state index in [9.17, 15) is 32.9 Å². The standard InChI is InChI=1S/C19H16N4O7S2/c1-32(29,30)16-5-4-13(10-14(16)23(27)28)17(24)21-7-8-22-18(25)15(31-19(22)26)9-12-3-2-6-20-11-12/h2-6,9-11H,7-8H2,1H3,(H,21,24)/b15-9+. The lowest BCUT2D eigenvalue weighted by atomic mass is 10.2. The third-order valence-electron chi connectivity index (χ3n) is 4.29. The first-order valence-corrected chi connectivity index (χ1v) is 11.7. The van der Waals surface area contributed by atoms with E-state index < -0.39 is 42.4 Å². The molecule has 1 fully saturated rings. The van der Waals surface area contributed by atoms with Gasteiger partial charge in [0.15, 0.2) is 9.84 Å².